The van der Waals surface area contributed by atoms with E-state index in [4.69, 9.17) is 0 Å². The third-order valence-corrected chi connectivity index (χ3v) is 4.38. The molecule has 1 amide bonds. The van der Waals surface area contributed by atoms with E-state index in [1.165, 1.54) is 0 Å². The lowest BCUT2D eigenvalue weighted by Gasteiger charge is -2.35. The smallest absolute Gasteiger partial charge is 0.272 e. The molecule has 0 atom stereocenters. The SMILES string of the molecule is O=C(c1ccnc(C2CC2)n1)N1CCN(c2ccccn2)CC1. The maximum Gasteiger partial charge on any atom is 0.272 e. The second-order valence-corrected chi connectivity index (χ2v) is 6.04. The van der Waals surface area contributed by atoms with Crippen molar-refractivity contribution in [3.63, 3.8) is 0 Å². The molecule has 1 aliphatic carbocycles. The van der Waals surface area contributed by atoms with Crippen LogP contribution in [-0.2, 0) is 0 Å². The molecular weight excluding hydrogens is 290 g/mol. The fraction of sp³-hybridized carbons (Fsp3) is 0.412. The monoisotopic (exact) mass is 309 g/mol. The lowest BCUT2D eigenvalue weighted by atomic mass is 10.2. The first-order valence-electron chi connectivity index (χ1n) is 8.09. The standard InChI is InChI=1S/C17H19N5O/c23-17(14-6-8-19-16(20-14)13-4-5-13)22-11-9-21(10-12-22)15-3-1-2-7-18-15/h1-3,6-8,13H,4-5,9-12H2. The molecular formula is C17H19N5O. The van der Waals surface area contributed by atoms with E-state index in [1.54, 1.807) is 18.5 Å². The van der Waals surface area contributed by atoms with Crippen LogP contribution in [0, 0.1) is 0 Å². The number of anilines is 1. The van der Waals surface area contributed by atoms with Gasteiger partial charge in [0.15, 0.2) is 0 Å². The fourth-order valence-electron chi connectivity index (χ4n) is 2.87. The van der Waals surface area contributed by atoms with Gasteiger partial charge in [-0.05, 0) is 31.0 Å². The van der Waals surface area contributed by atoms with Crippen LogP contribution in [0.25, 0.3) is 0 Å². The van der Waals surface area contributed by atoms with Crippen molar-refractivity contribution in [1.82, 2.24) is 19.9 Å². The minimum absolute atomic E-state index is 0.00923. The Morgan fingerprint density at radius 1 is 1.00 bits per heavy atom. The molecule has 4 rings (SSSR count). The van der Waals surface area contributed by atoms with E-state index in [2.05, 4.69) is 19.9 Å². The summed E-state index contributed by atoms with van der Waals surface area (Å²) in [5, 5.41) is 0. The lowest BCUT2D eigenvalue weighted by Crippen LogP contribution is -2.49. The Labute approximate surface area is 135 Å². The Balaban J connectivity index is 1.42. The predicted octanol–water partition coefficient (Wildman–Crippen LogP) is 1.71. The molecule has 0 aromatic carbocycles. The molecule has 0 radical (unpaired) electrons. The van der Waals surface area contributed by atoms with Gasteiger partial charge in [0.25, 0.3) is 5.91 Å². The van der Waals surface area contributed by atoms with Crippen LogP contribution in [0.2, 0.25) is 0 Å². The number of hydrogen-bond acceptors (Lipinski definition) is 5. The minimum atomic E-state index is 0.00923. The lowest BCUT2D eigenvalue weighted by molar-refractivity contribution is 0.0740. The predicted molar refractivity (Wildman–Crippen MR) is 86.4 cm³/mol. The summed E-state index contributed by atoms with van der Waals surface area (Å²) in [5.41, 5.74) is 0.521. The van der Waals surface area contributed by atoms with E-state index in [9.17, 15) is 4.79 Å². The largest absolute Gasteiger partial charge is 0.353 e. The van der Waals surface area contributed by atoms with Gasteiger partial charge in [0.05, 0.1) is 0 Å². The molecule has 1 aliphatic heterocycles. The van der Waals surface area contributed by atoms with Crippen molar-refractivity contribution in [3.05, 3.63) is 48.2 Å². The Kier molecular flexibility index (Phi) is 3.65. The maximum absolute atomic E-state index is 12.6. The van der Waals surface area contributed by atoms with Crippen molar-refractivity contribution in [2.45, 2.75) is 18.8 Å². The van der Waals surface area contributed by atoms with Crippen molar-refractivity contribution in [2.24, 2.45) is 0 Å². The molecule has 2 aliphatic rings. The average molecular weight is 309 g/mol. The van der Waals surface area contributed by atoms with Crippen LogP contribution >= 0.6 is 0 Å². The van der Waals surface area contributed by atoms with Crippen LogP contribution in [-0.4, -0.2) is 51.9 Å². The van der Waals surface area contributed by atoms with Gasteiger partial charge >= 0.3 is 0 Å². The summed E-state index contributed by atoms with van der Waals surface area (Å²) in [6.45, 7) is 2.98. The Hall–Kier alpha value is -2.50. The van der Waals surface area contributed by atoms with Crippen LogP contribution < -0.4 is 4.90 Å². The topological polar surface area (TPSA) is 62.2 Å². The quantitative estimate of drug-likeness (QED) is 0.864. The number of amides is 1. The summed E-state index contributed by atoms with van der Waals surface area (Å²) in [7, 11) is 0. The summed E-state index contributed by atoms with van der Waals surface area (Å²) in [5.74, 6) is 2.26. The molecule has 2 fully saturated rings. The molecule has 2 aromatic heterocycles. The van der Waals surface area contributed by atoms with E-state index in [-0.39, 0.29) is 5.91 Å². The minimum Gasteiger partial charge on any atom is -0.353 e. The summed E-state index contributed by atoms with van der Waals surface area (Å²) < 4.78 is 0. The summed E-state index contributed by atoms with van der Waals surface area (Å²) in [4.78, 5) is 29.8. The number of pyridine rings is 1. The molecule has 118 valence electrons. The molecule has 1 saturated carbocycles. The van der Waals surface area contributed by atoms with Crippen molar-refractivity contribution in [1.29, 1.82) is 0 Å². The molecule has 3 heterocycles. The molecule has 6 heteroatoms. The molecule has 23 heavy (non-hydrogen) atoms. The zero-order valence-corrected chi connectivity index (χ0v) is 12.9. The highest BCUT2D eigenvalue weighted by atomic mass is 16.2. The van der Waals surface area contributed by atoms with Gasteiger partial charge in [0, 0.05) is 44.5 Å². The second-order valence-electron chi connectivity index (χ2n) is 6.04. The molecule has 0 N–H and O–H groups in total. The van der Waals surface area contributed by atoms with Gasteiger partial charge in [-0.2, -0.15) is 0 Å². The van der Waals surface area contributed by atoms with Crippen molar-refractivity contribution in [2.75, 3.05) is 31.1 Å². The van der Waals surface area contributed by atoms with Gasteiger partial charge in [-0.3, -0.25) is 4.79 Å². The van der Waals surface area contributed by atoms with E-state index < -0.39 is 0 Å². The molecule has 0 bridgehead atoms. The summed E-state index contributed by atoms with van der Waals surface area (Å²) >= 11 is 0. The number of aromatic nitrogens is 3. The number of piperazine rings is 1. The highest BCUT2D eigenvalue weighted by Crippen LogP contribution is 2.37. The van der Waals surface area contributed by atoms with E-state index in [1.807, 2.05) is 23.1 Å². The second kappa shape index (κ2) is 5.95. The van der Waals surface area contributed by atoms with Crippen LogP contribution in [0.4, 0.5) is 5.82 Å². The number of rotatable bonds is 3. The molecule has 0 unspecified atom stereocenters. The number of carbonyl (C=O) groups is 1. The first kappa shape index (κ1) is 14.1. The Bertz CT molecular complexity index is 693. The maximum atomic E-state index is 12.6. The zero-order chi connectivity index (χ0) is 15.6. The van der Waals surface area contributed by atoms with E-state index in [0.717, 1.165) is 37.6 Å². The van der Waals surface area contributed by atoms with Crippen molar-refractivity contribution in [3.8, 4) is 0 Å². The Morgan fingerprint density at radius 3 is 2.52 bits per heavy atom. The highest BCUT2D eigenvalue weighted by Gasteiger charge is 2.28. The van der Waals surface area contributed by atoms with Crippen LogP contribution in [0.15, 0.2) is 36.7 Å². The summed E-state index contributed by atoms with van der Waals surface area (Å²) in [6.07, 6.45) is 5.78. The fourth-order valence-corrected chi connectivity index (χ4v) is 2.87. The number of nitrogens with zero attached hydrogens (tertiary/aromatic N) is 5. The number of hydrogen-bond donors (Lipinski definition) is 0. The third kappa shape index (κ3) is 3.02. The van der Waals surface area contributed by atoms with E-state index >= 15 is 0 Å². The van der Waals surface area contributed by atoms with Gasteiger partial charge in [0.1, 0.15) is 17.3 Å². The first-order valence-corrected chi connectivity index (χ1v) is 8.09. The van der Waals surface area contributed by atoms with Gasteiger partial charge in [-0.1, -0.05) is 6.07 Å². The Morgan fingerprint density at radius 2 is 1.83 bits per heavy atom. The molecule has 0 spiro atoms. The van der Waals surface area contributed by atoms with Gasteiger partial charge < -0.3 is 9.80 Å². The summed E-state index contributed by atoms with van der Waals surface area (Å²) in [6, 6.07) is 7.62. The van der Waals surface area contributed by atoms with E-state index in [0.29, 0.717) is 24.7 Å². The van der Waals surface area contributed by atoms with Crippen molar-refractivity contribution < 1.29 is 4.79 Å². The van der Waals surface area contributed by atoms with Gasteiger partial charge in [-0.15, -0.1) is 0 Å². The van der Waals surface area contributed by atoms with Crippen LogP contribution in [0.3, 0.4) is 0 Å². The highest BCUT2D eigenvalue weighted by molar-refractivity contribution is 5.92. The zero-order valence-electron chi connectivity index (χ0n) is 12.9. The molecule has 1 saturated heterocycles. The third-order valence-electron chi connectivity index (χ3n) is 4.38. The van der Waals surface area contributed by atoms with Crippen molar-refractivity contribution >= 4 is 11.7 Å². The van der Waals surface area contributed by atoms with Gasteiger partial charge in [-0.25, -0.2) is 15.0 Å². The van der Waals surface area contributed by atoms with Crippen LogP contribution in [0.5, 0.6) is 0 Å². The molecule has 6 nitrogen and oxygen atoms in total. The normalized spacial score (nSPS) is 18.1. The number of carbonyl (C=O) groups excluding carboxylic acids is 1. The van der Waals surface area contributed by atoms with Gasteiger partial charge in [0.2, 0.25) is 0 Å². The first-order chi connectivity index (χ1) is 11.3. The molecule has 2 aromatic rings. The van der Waals surface area contributed by atoms with Crippen LogP contribution in [0.1, 0.15) is 35.1 Å². The average Bonchev–Trinajstić information content (AvgIpc) is 3.47.